The monoisotopic (exact) mass is 340 g/mol. The number of hydrogen-bond donors (Lipinski definition) is 1. The van der Waals surface area contributed by atoms with Crippen molar-refractivity contribution in [2.75, 3.05) is 27.3 Å². The molecule has 0 aromatic heterocycles. The molecule has 2 aromatic carbocycles. The smallest absolute Gasteiger partial charge is 0.317 e. The van der Waals surface area contributed by atoms with Gasteiger partial charge in [-0.25, -0.2) is 4.79 Å². The van der Waals surface area contributed by atoms with Crippen LogP contribution >= 0.6 is 0 Å². The van der Waals surface area contributed by atoms with E-state index < -0.39 is 0 Å². The molecule has 2 amide bonds. The van der Waals surface area contributed by atoms with Crippen LogP contribution in [0, 0.1) is 0 Å². The molecule has 0 fully saturated rings. The van der Waals surface area contributed by atoms with Gasteiger partial charge >= 0.3 is 6.03 Å². The van der Waals surface area contributed by atoms with Crippen molar-refractivity contribution in [3.8, 4) is 11.1 Å². The Bertz CT molecular complexity index is 626. The number of nitrogens with one attached hydrogen (secondary N) is 1. The van der Waals surface area contributed by atoms with Crippen LogP contribution in [-0.4, -0.2) is 38.2 Å². The first-order valence-electron chi connectivity index (χ1n) is 8.83. The van der Waals surface area contributed by atoms with Crippen molar-refractivity contribution in [1.82, 2.24) is 10.2 Å². The number of nitrogens with zero attached hydrogens (tertiary/aromatic N) is 1. The quantitative estimate of drug-likeness (QED) is 0.691. The van der Waals surface area contributed by atoms with Crippen LogP contribution < -0.4 is 5.32 Å². The van der Waals surface area contributed by atoms with Gasteiger partial charge in [-0.1, -0.05) is 54.6 Å². The average molecular weight is 340 g/mol. The molecule has 0 aliphatic rings. The highest BCUT2D eigenvalue weighted by Gasteiger charge is 2.08. The lowest BCUT2D eigenvalue weighted by atomic mass is 10.0. The highest BCUT2D eigenvalue weighted by Crippen LogP contribution is 2.19. The fourth-order valence-electron chi connectivity index (χ4n) is 2.66. The molecule has 0 bridgehead atoms. The number of benzene rings is 2. The van der Waals surface area contributed by atoms with Gasteiger partial charge in [0, 0.05) is 33.9 Å². The van der Waals surface area contributed by atoms with E-state index in [9.17, 15) is 4.79 Å². The van der Waals surface area contributed by atoms with E-state index in [0.29, 0.717) is 13.1 Å². The maximum Gasteiger partial charge on any atom is 0.317 e. The Morgan fingerprint density at radius 2 is 1.64 bits per heavy atom. The lowest BCUT2D eigenvalue weighted by Gasteiger charge is -2.18. The van der Waals surface area contributed by atoms with Crippen molar-refractivity contribution in [2.45, 2.75) is 25.8 Å². The SMILES string of the molecule is COCCCCCNC(=O)N(C)Cc1ccc(-c2ccccc2)cc1. The van der Waals surface area contributed by atoms with Gasteiger partial charge in [0.05, 0.1) is 0 Å². The summed E-state index contributed by atoms with van der Waals surface area (Å²) >= 11 is 0. The second-order valence-corrected chi connectivity index (χ2v) is 6.20. The second-order valence-electron chi connectivity index (χ2n) is 6.20. The lowest BCUT2D eigenvalue weighted by molar-refractivity contribution is 0.191. The number of hydrogen-bond acceptors (Lipinski definition) is 2. The molecule has 0 spiro atoms. The normalized spacial score (nSPS) is 10.5. The maximum absolute atomic E-state index is 12.1. The molecule has 2 aromatic rings. The average Bonchev–Trinajstić information content (AvgIpc) is 2.65. The summed E-state index contributed by atoms with van der Waals surface area (Å²) in [4.78, 5) is 13.8. The van der Waals surface area contributed by atoms with E-state index in [2.05, 4.69) is 41.7 Å². The molecule has 0 radical (unpaired) electrons. The third-order valence-electron chi connectivity index (χ3n) is 4.13. The van der Waals surface area contributed by atoms with E-state index >= 15 is 0 Å². The number of amides is 2. The minimum Gasteiger partial charge on any atom is -0.385 e. The Morgan fingerprint density at radius 1 is 0.960 bits per heavy atom. The number of methoxy groups -OCH3 is 1. The molecular formula is C21H28N2O2. The summed E-state index contributed by atoms with van der Waals surface area (Å²) in [5, 5.41) is 2.96. The van der Waals surface area contributed by atoms with Gasteiger partial charge < -0.3 is 15.0 Å². The summed E-state index contributed by atoms with van der Waals surface area (Å²) in [5.41, 5.74) is 3.51. The number of unbranched alkanes of at least 4 members (excludes halogenated alkanes) is 2. The minimum atomic E-state index is -0.0288. The van der Waals surface area contributed by atoms with Crippen molar-refractivity contribution < 1.29 is 9.53 Å². The highest BCUT2D eigenvalue weighted by atomic mass is 16.5. The first-order valence-corrected chi connectivity index (χ1v) is 8.83. The Morgan fingerprint density at radius 3 is 2.32 bits per heavy atom. The van der Waals surface area contributed by atoms with Gasteiger partial charge in [0.15, 0.2) is 0 Å². The standard InChI is InChI=1S/C21H28N2O2/c1-23(21(24)22-15-7-4-8-16-25-2)17-18-11-13-20(14-12-18)19-9-5-3-6-10-19/h3,5-6,9-14H,4,7-8,15-17H2,1-2H3,(H,22,24). The largest absolute Gasteiger partial charge is 0.385 e. The van der Waals surface area contributed by atoms with E-state index in [4.69, 9.17) is 4.74 Å². The number of carbonyl (C=O) groups excluding carboxylic acids is 1. The van der Waals surface area contributed by atoms with E-state index in [1.165, 1.54) is 11.1 Å². The summed E-state index contributed by atoms with van der Waals surface area (Å²) in [6.45, 7) is 2.09. The van der Waals surface area contributed by atoms with Gasteiger partial charge in [-0.2, -0.15) is 0 Å². The molecule has 25 heavy (non-hydrogen) atoms. The van der Waals surface area contributed by atoms with Gasteiger partial charge in [-0.05, 0) is 36.0 Å². The summed E-state index contributed by atoms with van der Waals surface area (Å²) in [5.74, 6) is 0. The van der Waals surface area contributed by atoms with E-state index in [1.807, 2.05) is 25.2 Å². The fourth-order valence-corrected chi connectivity index (χ4v) is 2.66. The van der Waals surface area contributed by atoms with Crippen molar-refractivity contribution >= 4 is 6.03 Å². The summed E-state index contributed by atoms with van der Waals surface area (Å²) in [6, 6.07) is 18.6. The van der Waals surface area contributed by atoms with Crippen molar-refractivity contribution in [1.29, 1.82) is 0 Å². The summed E-state index contributed by atoms with van der Waals surface area (Å²) in [6.07, 6.45) is 3.09. The molecule has 0 unspecified atom stereocenters. The van der Waals surface area contributed by atoms with Gasteiger partial charge in [0.25, 0.3) is 0 Å². The van der Waals surface area contributed by atoms with Crippen molar-refractivity contribution in [3.05, 3.63) is 60.2 Å². The zero-order chi connectivity index (χ0) is 17.9. The van der Waals surface area contributed by atoms with Crippen LogP contribution in [0.5, 0.6) is 0 Å². The highest BCUT2D eigenvalue weighted by molar-refractivity contribution is 5.73. The third kappa shape index (κ3) is 6.59. The van der Waals surface area contributed by atoms with Crippen molar-refractivity contribution in [3.63, 3.8) is 0 Å². The third-order valence-corrected chi connectivity index (χ3v) is 4.13. The molecule has 1 N–H and O–H groups in total. The van der Waals surface area contributed by atoms with Crippen molar-refractivity contribution in [2.24, 2.45) is 0 Å². The lowest BCUT2D eigenvalue weighted by Crippen LogP contribution is -2.37. The molecule has 0 saturated carbocycles. The Hall–Kier alpha value is -2.33. The second kappa shape index (κ2) is 10.5. The zero-order valence-corrected chi connectivity index (χ0v) is 15.2. The molecule has 4 heteroatoms. The van der Waals surface area contributed by atoms with Gasteiger partial charge in [-0.3, -0.25) is 0 Å². The van der Waals surface area contributed by atoms with E-state index in [1.54, 1.807) is 12.0 Å². The predicted octanol–water partition coefficient (Wildman–Crippen LogP) is 4.31. The van der Waals surface area contributed by atoms with E-state index in [0.717, 1.165) is 31.4 Å². The Labute approximate surface area is 150 Å². The molecule has 0 aliphatic heterocycles. The number of urea groups is 1. The molecule has 0 saturated heterocycles. The summed E-state index contributed by atoms with van der Waals surface area (Å²) < 4.78 is 5.02. The molecule has 0 atom stereocenters. The topological polar surface area (TPSA) is 41.6 Å². The zero-order valence-electron chi connectivity index (χ0n) is 15.2. The first kappa shape index (κ1) is 19.0. The molecule has 0 heterocycles. The maximum atomic E-state index is 12.1. The number of rotatable bonds is 9. The molecule has 134 valence electrons. The van der Waals surface area contributed by atoms with Crippen LogP contribution in [-0.2, 0) is 11.3 Å². The Kier molecular flexibility index (Phi) is 7.99. The number of carbonyl (C=O) groups is 1. The van der Waals surface area contributed by atoms with Crippen LogP contribution in [0.15, 0.2) is 54.6 Å². The predicted molar refractivity (Wildman–Crippen MR) is 102 cm³/mol. The minimum absolute atomic E-state index is 0.0288. The van der Waals surface area contributed by atoms with Gasteiger partial charge in [0.1, 0.15) is 0 Å². The van der Waals surface area contributed by atoms with Gasteiger partial charge in [0.2, 0.25) is 0 Å². The van der Waals surface area contributed by atoms with Gasteiger partial charge in [-0.15, -0.1) is 0 Å². The molecular weight excluding hydrogens is 312 g/mol. The number of ether oxygens (including phenoxy) is 1. The summed E-state index contributed by atoms with van der Waals surface area (Å²) in [7, 11) is 3.54. The van der Waals surface area contributed by atoms with E-state index in [-0.39, 0.29) is 6.03 Å². The first-order chi connectivity index (χ1) is 12.2. The molecule has 0 aliphatic carbocycles. The van der Waals surface area contributed by atoms with Crippen LogP contribution in [0.1, 0.15) is 24.8 Å². The fraction of sp³-hybridized carbons (Fsp3) is 0.381. The van der Waals surface area contributed by atoms with Crippen LogP contribution in [0.2, 0.25) is 0 Å². The molecule has 4 nitrogen and oxygen atoms in total. The van der Waals surface area contributed by atoms with Crippen LogP contribution in [0.25, 0.3) is 11.1 Å². The van der Waals surface area contributed by atoms with Crippen LogP contribution in [0.3, 0.4) is 0 Å². The van der Waals surface area contributed by atoms with Crippen LogP contribution in [0.4, 0.5) is 4.79 Å². The Balaban J connectivity index is 1.76. The molecule has 2 rings (SSSR count).